The van der Waals surface area contributed by atoms with Gasteiger partial charge in [-0.1, -0.05) is 6.92 Å². The molecule has 0 saturated heterocycles. The first-order valence-electron chi connectivity index (χ1n) is 5.50. The van der Waals surface area contributed by atoms with Crippen LogP contribution in [-0.2, 0) is 6.42 Å². The van der Waals surface area contributed by atoms with Gasteiger partial charge >= 0.3 is 0 Å². The van der Waals surface area contributed by atoms with Gasteiger partial charge in [-0.2, -0.15) is 0 Å². The van der Waals surface area contributed by atoms with Crippen LogP contribution < -0.4 is 16.6 Å². The van der Waals surface area contributed by atoms with Crippen LogP contribution >= 0.6 is 0 Å². The molecule has 1 heterocycles. The molecule has 8 heteroatoms. The Hall–Kier alpha value is -1.54. The Morgan fingerprint density at radius 1 is 1.33 bits per heavy atom. The van der Waals surface area contributed by atoms with E-state index in [0.717, 1.165) is 0 Å². The highest BCUT2D eigenvalue weighted by molar-refractivity contribution is 5.56. The number of nitrogens with one attached hydrogen (secondary N) is 2. The fraction of sp³-hybridized carbons (Fsp3) is 0.600. The minimum atomic E-state index is -3.19. The first-order valence-corrected chi connectivity index (χ1v) is 5.50. The number of aliphatic hydroxyl groups is 1. The number of aromatic nitrogens is 2. The zero-order valence-electron chi connectivity index (χ0n) is 10.3. The Balaban J connectivity index is 2.94. The number of aryl methyl sites for hydroxylation is 1. The summed E-state index contributed by atoms with van der Waals surface area (Å²) < 4.78 is 25.9. The highest BCUT2D eigenvalue weighted by Gasteiger charge is 2.27. The van der Waals surface area contributed by atoms with E-state index in [4.69, 9.17) is 10.9 Å². The maximum absolute atomic E-state index is 12.9. The first-order chi connectivity index (χ1) is 8.43. The van der Waals surface area contributed by atoms with Gasteiger partial charge in [0, 0.05) is 12.0 Å². The molecule has 0 aliphatic rings. The Morgan fingerprint density at radius 2 is 1.94 bits per heavy atom. The number of hydrogen-bond donors (Lipinski definition) is 4. The van der Waals surface area contributed by atoms with Crippen molar-refractivity contribution in [2.45, 2.75) is 26.2 Å². The van der Waals surface area contributed by atoms with Crippen LogP contribution in [-0.4, -0.2) is 34.1 Å². The molecule has 1 aromatic heterocycles. The SMILES string of the molecule is CCc1nc(NN)c(C)c(NCC(F)(F)CO)n1. The molecule has 0 unspecified atom stereocenters. The average molecular weight is 261 g/mol. The van der Waals surface area contributed by atoms with E-state index < -0.39 is 19.1 Å². The minimum absolute atomic E-state index is 0.280. The summed E-state index contributed by atoms with van der Waals surface area (Å²) in [5.41, 5.74) is 2.94. The average Bonchev–Trinajstić information content (AvgIpc) is 2.37. The van der Waals surface area contributed by atoms with Crippen molar-refractivity contribution in [3.63, 3.8) is 0 Å². The van der Waals surface area contributed by atoms with Crippen molar-refractivity contribution in [2.75, 3.05) is 23.9 Å². The van der Waals surface area contributed by atoms with Crippen molar-refractivity contribution in [3.05, 3.63) is 11.4 Å². The summed E-state index contributed by atoms with van der Waals surface area (Å²) in [6.07, 6.45) is 0.556. The van der Waals surface area contributed by atoms with Crippen LogP contribution in [0.5, 0.6) is 0 Å². The van der Waals surface area contributed by atoms with E-state index in [1.165, 1.54) is 0 Å². The third-order valence-corrected chi connectivity index (χ3v) is 2.39. The minimum Gasteiger partial charge on any atom is -0.390 e. The van der Waals surface area contributed by atoms with E-state index in [2.05, 4.69) is 20.7 Å². The molecule has 5 N–H and O–H groups in total. The Morgan fingerprint density at radius 3 is 2.44 bits per heavy atom. The molecule has 0 amide bonds. The van der Waals surface area contributed by atoms with Gasteiger partial charge in [-0.3, -0.25) is 0 Å². The largest absolute Gasteiger partial charge is 0.390 e. The molecule has 0 fully saturated rings. The Bertz CT molecular complexity index is 413. The zero-order valence-corrected chi connectivity index (χ0v) is 10.3. The second kappa shape index (κ2) is 5.87. The summed E-state index contributed by atoms with van der Waals surface area (Å²) in [5.74, 6) is 3.26. The van der Waals surface area contributed by atoms with E-state index in [1.54, 1.807) is 6.92 Å². The molecular formula is C10H17F2N5O. The normalized spacial score (nSPS) is 11.4. The number of anilines is 2. The molecule has 0 bridgehead atoms. The summed E-state index contributed by atoms with van der Waals surface area (Å²) in [6.45, 7) is 1.59. The Labute approximate surface area is 104 Å². The molecule has 0 spiro atoms. The molecule has 0 aromatic carbocycles. The third-order valence-electron chi connectivity index (χ3n) is 2.39. The summed E-state index contributed by atoms with van der Waals surface area (Å²) in [7, 11) is 0. The van der Waals surface area contributed by atoms with E-state index in [1.807, 2.05) is 6.92 Å². The lowest BCUT2D eigenvalue weighted by atomic mass is 10.2. The quantitative estimate of drug-likeness (QED) is 0.444. The number of hydrogen-bond acceptors (Lipinski definition) is 6. The molecule has 0 aliphatic carbocycles. The molecular weight excluding hydrogens is 244 g/mol. The molecule has 18 heavy (non-hydrogen) atoms. The van der Waals surface area contributed by atoms with Gasteiger partial charge in [-0.05, 0) is 6.92 Å². The third kappa shape index (κ3) is 3.47. The number of hydrazine groups is 1. The molecule has 102 valence electrons. The van der Waals surface area contributed by atoms with Gasteiger partial charge in [0.2, 0.25) is 0 Å². The van der Waals surface area contributed by atoms with Crippen LogP contribution in [0.15, 0.2) is 0 Å². The van der Waals surface area contributed by atoms with Crippen molar-refractivity contribution in [2.24, 2.45) is 5.84 Å². The van der Waals surface area contributed by atoms with Gasteiger partial charge in [0.25, 0.3) is 5.92 Å². The van der Waals surface area contributed by atoms with Crippen LogP contribution in [0.25, 0.3) is 0 Å². The monoisotopic (exact) mass is 261 g/mol. The van der Waals surface area contributed by atoms with E-state index in [-0.39, 0.29) is 5.82 Å². The van der Waals surface area contributed by atoms with Crippen molar-refractivity contribution >= 4 is 11.6 Å². The zero-order chi connectivity index (χ0) is 13.8. The second-order valence-corrected chi connectivity index (χ2v) is 3.83. The maximum Gasteiger partial charge on any atom is 0.287 e. The van der Waals surface area contributed by atoms with Crippen molar-refractivity contribution in [3.8, 4) is 0 Å². The lowest BCUT2D eigenvalue weighted by Gasteiger charge is -2.17. The number of halogens is 2. The lowest BCUT2D eigenvalue weighted by Crippen LogP contribution is -2.31. The summed E-state index contributed by atoms with van der Waals surface area (Å²) >= 11 is 0. The maximum atomic E-state index is 12.9. The van der Waals surface area contributed by atoms with Gasteiger partial charge < -0.3 is 15.8 Å². The van der Waals surface area contributed by atoms with Crippen LogP contribution in [0, 0.1) is 6.92 Å². The predicted octanol–water partition coefficient (Wildman–Crippen LogP) is 0.673. The summed E-state index contributed by atoms with van der Waals surface area (Å²) in [5, 5.41) is 11.0. The standard InChI is InChI=1S/C10H17F2N5O/c1-3-7-15-8(6(2)9(16-7)17-13)14-4-10(11,12)5-18/h18H,3-5,13H2,1-2H3,(H2,14,15,16,17). The molecule has 0 saturated carbocycles. The van der Waals surface area contributed by atoms with Crippen LogP contribution in [0.4, 0.5) is 20.4 Å². The lowest BCUT2D eigenvalue weighted by molar-refractivity contribution is -0.0373. The van der Waals surface area contributed by atoms with Crippen molar-refractivity contribution < 1.29 is 13.9 Å². The topological polar surface area (TPSA) is 96.1 Å². The first kappa shape index (κ1) is 14.5. The van der Waals surface area contributed by atoms with E-state index in [0.29, 0.717) is 23.6 Å². The molecule has 1 rings (SSSR count). The second-order valence-electron chi connectivity index (χ2n) is 3.83. The summed E-state index contributed by atoms with van der Waals surface area (Å²) in [4.78, 5) is 8.21. The number of nitrogen functional groups attached to an aromatic ring is 1. The molecule has 6 nitrogen and oxygen atoms in total. The van der Waals surface area contributed by atoms with Crippen LogP contribution in [0.1, 0.15) is 18.3 Å². The van der Waals surface area contributed by atoms with Gasteiger partial charge in [-0.25, -0.2) is 24.6 Å². The molecule has 0 atom stereocenters. The Kier molecular flexibility index (Phi) is 4.74. The van der Waals surface area contributed by atoms with E-state index in [9.17, 15) is 8.78 Å². The number of alkyl halides is 2. The fourth-order valence-electron chi connectivity index (χ4n) is 1.30. The smallest absolute Gasteiger partial charge is 0.287 e. The summed E-state index contributed by atoms with van der Waals surface area (Å²) in [6, 6.07) is 0. The van der Waals surface area contributed by atoms with Crippen molar-refractivity contribution in [1.29, 1.82) is 0 Å². The molecule has 1 aromatic rings. The number of aliphatic hydroxyl groups excluding tert-OH is 1. The number of nitrogens with two attached hydrogens (primary N) is 1. The van der Waals surface area contributed by atoms with Gasteiger partial charge in [0.05, 0.1) is 6.54 Å². The van der Waals surface area contributed by atoms with E-state index >= 15 is 0 Å². The number of nitrogens with zero attached hydrogens (tertiary/aromatic N) is 2. The van der Waals surface area contributed by atoms with Gasteiger partial charge in [0.15, 0.2) is 0 Å². The fourth-order valence-corrected chi connectivity index (χ4v) is 1.30. The molecule has 0 aliphatic heterocycles. The highest BCUT2D eigenvalue weighted by Crippen LogP contribution is 2.21. The highest BCUT2D eigenvalue weighted by atomic mass is 19.3. The van der Waals surface area contributed by atoms with Crippen LogP contribution in [0.2, 0.25) is 0 Å². The van der Waals surface area contributed by atoms with Crippen molar-refractivity contribution in [1.82, 2.24) is 9.97 Å². The molecule has 0 radical (unpaired) electrons. The predicted molar refractivity (Wildman–Crippen MR) is 64.5 cm³/mol. The van der Waals surface area contributed by atoms with Crippen LogP contribution in [0.3, 0.4) is 0 Å². The number of rotatable bonds is 6. The van der Waals surface area contributed by atoms with Gasteiger partial charge in [0.1, 0.15) is 24.1 Å². The van der Waals surface area contributed by atoms with Gasteiger partial charge in [-0.15, -0.1) is 0 Å².